The summed E-state index contributed by atoms with van der Waals surface area (Å²) in [5.41, 5.74) is -2.95. The lowest BCUT2D eigenvalue weighted by Gasteiger charge is -2.15. The Balaban J connectivity index is 2.60. The van der Waals surface area contributed by atoms with Gasteiger partial charge in [0, 0.05) is 9.79 Å². The van der Waals surface area contributed by atoms with Crippen molar-refractivity contribution in [3.63, 3.8) is 0 Å². The maximum atomic E-state index is 13.0. The molecule has 0 unspecified atom stereocenters. The van der Waals surface area contributed by atoms with Gasteiger partial charge in [-0.2, -0.15) is 26.3 Å². The van der Waals surface area contributed by atoms with E-state index in [9.17, 15) is 26.3 Å². The molecule has 128 valence electrons. The molecule has 0 saturated heterocycles. The topological polar surface area (TPSA) is 0 Å². The summed E-state index contributed by atoms with van der Waals surface area (Å²) in [4.78, 5) is -0.0127. The molecule has 0 aliphatic heterocycles. The van der Waals surface area contributed by atoms with Gasteiger partial charge in [-0.25, -0.2) is 0 Å². The number of hydrogen-bond donors (Lipinski definition) is 0. The van der Waals surface area contributed by atoms with Crippen LogP contribution in [0.1, 0.15) is 22.3 Å². The molecule has 0 amide bonds. The summed E-state index contributed by atoms with van der Waals surface area (Å²) in [7, 11) is 0. The fraction of sp³-hybridized carbons (Fsp3) is 0.111. The van der Waals surface area contributed by atoms with Crippen LogP contribution < -0.4 is 0 Å². The van der Waals surface area contributed by atoms with Crippen LogP contribution in [0.5, 0.6) is 0 Å². The van der Waals surface area contributed by atoms with Gasteiger partial charge in [0.2, 0.25) is 0 Å². The van der Waals surface area contributed by atoms with E-state index in [0.717, 1.165) is 24.3 Å². The molecule has 0 aliphatic rings. The number of terminal acetylenes is 2. The Kier molecular flexibility index (Phi) is 5.10. The zero-order chi connectivity index (χ0) is 18.8. The Morgan fingerprint density at radius 1 is 0.680 bits per heavy atom. The summed E-state index contributed by atoms with van der Waals surface area (Å²) < 4.78 is 78.2. The first-order valence-corrected chi connectivity index (χ1v) is 7.42. The predicted molar refractivity (Wildman–Crippen MR) is 82.9 cm³/mol. The van der Waals surface area contributed by atoms with Crippen molar-refractivity contribution in [1.82, 2.24) is 0 Å². The van der Waals surface area contributed by atoms with Gasteiger partial charge in [-0.15, -0.1) is 12.8 Å². The molecular weight excluding hydrogens is 362 g/mol. The van der Waals surface area contributed by atoms with Crippen LogP contribution in [0.2, 0.25) is 0 Å². The summed E-state index contributed by atoms with van der Waals surface area (Å²) in [6.07, 6.45) is 1.02. The molecule has 0 atom stereocenters. The van der Waals surface area contributed by atoms with Crippen molar-refractivity contribution in [2.24, 2.45) is 0 Å². The molecule has 25 heavy (non-hydrogen) atoms. The number of alkyl halides is 6. The molecule has 0 nitrogen and oxygen atoms in total. The molecule has 2 aromatic carbocycles. The molecule has 0 heterocycles. The highest BCUT2D eigenvalue weighted by molar-refractivity contribution is 7.99. The van der Waals surface area contributed by atoms with Crippen LogP contribution in [0.4, 0.5) is 26.3 Å². The van der Waals surface area contributed by atoms with Crippen molar-refractivity contribution in [3.8, 4) is 24.7 Å². The third-order valence-electron chi connectivity index (χ3n) is 3.17. The van der Waals surface area contributed by atoms with Crippen molar-refractivity contribution in [2.45, 2.75) is 22.1 Å². The average Bonchev–Trinajstić information content (AvgIpc) is 2.52. The zero-order valence-electron chi connectivity index (χ0n) is 12.3. The summed E-state index contributed by atoms with van der Waals surface area (Å²) in [5, 5.41) is 0. The molecule has 0 aromatic heterocycles. The van der Waals surface area contributed by atoms with E-state index >= 15 is 0 Å². The third kappa shape index (κ3) is 3.94. The Hall–Kier alpha value is -2.51. The van der Waals surface area contributed by atoms with E-state index in [-0.39, 0.29) is 9.79 Å². The van der Waals surface area contributed by atoms with Crippen molar-refractivity contribution in [1.29, 1.82) is 0 Å². The van der Waals surface area contributed by atoms with Gasteiger partial charge in [0.15, 0.2) is 0 Å². The van der Waals surface area contributed by atoms with E-state index in [0.29, 0.717) is 11.8 Å². The molecule has 2 rings (SSSR count). The van der Waals surface area contributed by atoms with E-state index in [1.54, 1.807) is 0 Å². The second-order valence-corrected chi connectivity index (χ2v) is 5.83. The molecule has 0 spiro atoms. The second kappa shape index (κ2) is 6.78. The van der Waals surface area contributed by atoms with Crippen LogP contribution in [-0.2, 0) is 12.4 Å². The van der Waals surface area contributed by atoms with E-state index in [2.05, 4.69) is 0 Å². The fourth-order valence-electron chi connectivity index (χ4n) is 2.12. The zero-order valence-corrected chi connectivity index (χ0v) is 13.1. The van der Waals surface area contributed by atoms with Gasteiger partial charge < -0.3 is 0 Å². The minimum Gasteiger partial charge on any atom is -0.166 e. The molecule has 0 bridgehead atoms. The van der Waals surface area contributed by atoms with Crippen LogP contribution in [0.3, 0.4) is 0 Å². The lowest BCUT2D eigenvalue weighted by atomic mass is 10.1. The summed E-state index contributed by atoms with van der Waals surface area (Å²) in [6.45, 7) is 0. The van der Waals surface area contributed by atoms with Gasteiger partial charge in [-0.3, -0.25) is 0 Å². The quantitative estimate of drug-likeness (QED) is 0.473. The highest BCUT2D eigenvalue weighted by Gasteiger charge is 2.35. The van der Waals surface area contributed by atoms with Crippen molar-refractivity contribution in [3.05, 3.63) is 58.7 Å². The fourth-order valence-corrected chi connectivity index (χ4v) is 3.19. The average molecular weight is 370 g/mol. The first kappa shape index (κ1) is 18.8. The van der Waals surface area contributed by atoms with Crippen LogP contribution in [0.15, 0.2) is 46.2 Å². The standard InChI is InChI=1S/C18H8F6S/c1-3-11-13(17(19,20)21)7-5-9-15(11)25-16-10-6-8-14(12(16)4-2)18(22,23)24/h1-2,5-10H. The Morgan fingerprint density at radius 2 is 1.04 bits per heavy atom. The monoisotopic (exact) mass is 370 g/mol. The smallest absolute Gasteiger partial charge is 0.166 e. The molecule has 2 aromatic rings. The van der Waals surface area contributed by atoms with Crippen LogP contribution in [-0.4, -0.2) is 0 Å². The van der Waals surface area contributed by atoms with E-state index in [1.165, 1.54) is 12.1 Å². The Bertz CT molecular complexity index is 805. The maximum absolute atomic E-state index is 13.0. The highest BCUT2D eigenvalue weighted by atomic mass is 32.2. The minimum absolute atomic E-state index is 0.00634. The Morgan fingerprint density at radius 3 is 1.32 bits per heavy atom. The van der Waals surface area contributed by atoms with E-state index < -0.39 is 34.6 Å². The number of halogens is 6. The predicted octanol–water partition coefficient (Wildman–Crippen LogP) is 5.84. The summed E-state index contributed by atoms with van der Waals surface area (Å²) in [6, 6.07) is 6.50. The highest BCUT2D eigenvalue weighted by Crippen LogP contribution is 2.41. The van der Waals surface area contributed by atoms with Gasteiger partial charge in [0.05, 0.1) is 22.3 Å². The summed E-state index contributed by atoms with van der Waals surface area (Å²) >= 11 is 0.666. The molecule has 0 saturated carbocycles. The van der Waals surface area contributed by atoms with Gasteiger partial charge in [0.1, 0.15) is 0 Å². The maximum Gasteiger partial charge on any atom is 0.417 e. The van der Waals surface area contributed by atoms with E-state index in [1.807, 2.05) is 11.8 Å². The van der Waals surface area contributed by atoms with Gasteiger partial charge in [-0.05, 0) is 24.3 Å². The third-order valence-corrected chi connectivity index (χ3v) is 4.29. The molecule has 0 fully saturated rings. The van der Waals surface area contributed by atoms with E-state index in [4.69, 9.17) is 12.8 Å². The first-order chi connectivity index (χ1) is 11.6. The minimum atomic E-state index is -4.68. The molecule has 0 radical (unpaired) electrons. The summed E-state index contributed by atoms with van der Waals surface area (Å²) in [5.74, 6) is 3.92. The first-order valence-electron chi connectivity index (χ1n) is 6.61. The molecular formula is C18H8F6S. The molecule has 0 N–H and O–H groups in total. The number of benzene rings is 2. The van der Waals surface area contributed by atoms with Crippen molar-refractivity contribution in [2.75, 3.05) is 0 Å². The SMILES string of the molecule is C#Cc1c(Sc2cccc(C(F)(F)F)c2C#C)cccc1C(F)(F)F. The van der Waals surface area contributed by atoms with Crippen LogP contribution in [0.25, 0.3) is 0 Å². The van der Waals surface area contributed by atoms with Crippen LogP contribution in [0, 0.1) is 24.7 Å². The van der Waals surface area contributed by atoms with Gasteiger partial charge in [-0.1, -0.05) is 35.7 Å². The van der Waals surface area contributed by atoms with Gasteiger partial charge in [0.25, 0.3) is 0 Å². The van der Waals surface area contributed by atoms with Crippen LogP contribution >= 0.6 is 11.8 Å². The molecule has 0 aliphatic carbocycles. The molecule has 7 heteroatoms. The largest absolute Gasteiger partial charge is 0.417 e. The lowest BCUT2D eigenvalue weighted by molar-refractivity contribution is -0.138. The Labute approximate surface area is 144 Å². The van der Waals surface area contributed by atoms with Crippen molar-refractivity contribution < 1.29 is 26.3 Å². The number of hydrogen-bond acceptors (Lipinski definition) is 1. The normalized spacial score (nSPS) is 11.7. The number of rotatable bonds is 2. The second-order valence-electron chi connectivity index (χ2n) is 4.74. The van der Waals surface area contributed by atoms with Gasteiger partial charge >= 0.3 is 12.4 Å². The van der Waals surface area contributed by atoms with Crippen molar-refractivity contribution >= 4 is 11.8 Å². The lowest BCUT2D eigenvalue weighted by Crippen LogP contribution is -2.09.